The van der Waals surface area contributed by atoms with Gasteiger partial charge in [0.1, 0.15) is 11.5 Å². The second-order valence-electron chi connectivity index (χ2n) is 3.72. The first-order chi connectivity index (χ1) is 6.70. The molecule has 1 saturated heterocycles. The molecule has 76 valence electrons. The third kappa shape index (κ3) is 2.08. The minimum Gasteiger partial charge on any atom is -0.243 e. The molecule has 1 unspecified atom stereocenters. The molecule has 0 N–H and O–H groups in total. The molecule has 3 heteroatoms. The third-order valence-electron chi connectivity index (χ3n) is 2.52. The van der Waals surface area contributed by atoms with E-state index in [1.807, 2.05) is 0 Å². The molecule has 1 aromatic rings. The zero-order chi connectivity index (χ0) is 10.0. The molecule has 1 aromatic carbocycles. The second-order valence-corrected chi connectivity index (χ2v) is 4.83. The minimum atomic E-state index is -1.19. The fraction of sp³-hybridized carbons (Fsp3) is 0.455. The van der Waals surface area contributed by atoms with Crippen molar-refractivity contribution in [2.45, 2.75) is 18.5 Å². The maximum Gasteiger partial charge on any atom is 0.126 e. The maximum atomic E-state index is 14.0. The van der Waals surface area contributed by atoms with Gasteiger partial charge in [0.25, 0.3) is 0 Å². The first-order valence-electron chi connectivity index (χ1n) is 4.70. The molecule has 0 radical (unpaired) electrons. The van der Waals surface area contributed by atoms with Gasteiger partial charge in [-0.3, -0.25) is 0 Å². The summed E-state index contributed by atoms with van der Waals surface area (Å²) in [5.41, 5.74) is -0.690. The Kier molecular flexibility index (Phi) is 2.77. The molecule has 0 bridgehead atoms. The van der Waals surface area contributed by atoms with Gasteiger partial charge in [0, 0.05) is 12.2 Å². The molecule has 0 saturated carbocycles. The van der Waals surface area contributed by atoms with Crippen molar-refractivity contribution in [1.82, 2.24) is 0 Å². The van der Waals surface area contributed by atoms with E-state index < -0.39 is 5.67 Å². The minimum absolute atomic E-state index is 0.215. The molecule has 0 aliphatic carbocycles. The number of rotatable bonds is 2. The highest BCUT2D eigenvalue weighted by molar-refractivity contribution is 7.99. The smallest absolute Gasteiger partial charge is 0.126 e. The van der Waals surface area contributed by atoms with Gasteiger partial charge in [0.2, 0.25) is 0 Å². The topological polar surface area (TPSA) is 0 Å². The van der Waals surface area contributed by atoms with E-state index in [0.29, 0.717) is 17.7 Å². The number of hydrogen-bond donors (Lipinski definition) is 0. The van der Waals surface area contributed by atoms with Gasteiger partial charge in [-0.1, -0.05) is 18.2 Å². The second kappa shape index (κ2) is 3.89. The molecule has 0 aromatic heterocycles. The van der Waals surface area contributed by atoms with Crippen LogP contribution in [0.25, 0.3) is 0 Å². The lowest BCUT2D eigenvalue weighted by Gasteiger charge is -2.18. The Morgan fingerprint density at radius 2 is 2.14 bits per heavy atom. The lowest BCUT2D eigenvalue weighted by molar-refractivity contribution is 0.197. The van der Waals surface area contributed by atoms with E-state index in [1.54, 1.807) is 30.0 Å². The summed E-state index contributed by atoms with van der Waals surface area (Å²) in [5, 5.41) is 0. The van der Waals surface area contributed by atoms with Crippen molar-refractivity contribution in [3.63, 3.8) is 0 Å². The third-order valence-corrected chi connectivity index (χ3v) is 3.73. The zero-order valence-corrected chi connectivity index (χ0v) is 8.62. The van der Waals surface area contributed by atoms with Crippen molar-refractivity contribution in [2.75, 3.05) is 11.5 Å². The van der Waals surface area contributed by atoms with Crippen LogP contribution >= 0.6 is 11.8 Å². The van der Waals surface area contributed by atoms with Crippen molar-refractivity contribution < 1.29 is 8.78 Å². The van der Waals surface area contributed by atoms with Crippen LogP contribution in [0.15, 0.2) is 24.3 Å². The number of halogens is 2. The molecular formula is C11H12F2S. The van der Waals surface area contributed by atoms with Crippen LogP contribution in [-0.4, -0.2) is 17.2 Å². The van der Waals surface area contributed by atoms with E-state index in [1.165, 1.54) is 6.07 Å². The summed E-state index contributed by atoms with van der Waals surface area (Å²) < 4.78 is 27.2. The van der Waals surface area contributed by atoms with E-state index >= 15 is 0 Å². The quantitative estimate of drug-likeness (QED) is 0.728. The lowest BCUT2D eigenvalue weighted by atomic mass is 9.95. The Bertz CT molecular complexity index is 319. The number of hydrogen-bond acceptors (Lipinski definition) is 1. The molecule has 0 spiro atoms. The van der Waals surface area contributed by atoms with Crippen LogP contribution in [0.3, 0.4) is 0 Å². The highest BCUT2D eigenvalue weighted by Gasteiger charge is 2.34. The van der Waals surface area contributed by atoms with Gasteiger partial charge >= 0.3 is 0 Å². The fourth-order valence-electron chi connectivity index (χ4n) is 1.70. The molecule has 0 amide bonds. The molecule has 1 atom stereocenters. The predicted molar refractivity (Wildman–Crippen MR) is 55.9 cm³/mol. The average Bonchev–Trinajstić information content (AvgIpc) is 2.57. The summed E-state index contributed by atoms with van der Waals surface area (Å²) in [6.07, 6.45) is 0.763. The fourth-order valence-corrected chi connectivity index (χ4v) is 2.97. The summed E-state index contributed by atoms with van der Waals surface area (Å²) >= 11 is 1.61. The molecule has 1 aliphatic heterocycles. The predicted octanol–water partition coefficient (Wildman–Crippen LogP) is 3.21. The Balaban J connectivity index is 2.14. The molecule has 2 rings (SSSR count). The van der Waals surface area contributed by atoms with E-state index in [-0.39, 0.29) is 12.2 Å². The van der Waals surface area contributed by atoms with Gasteiger partial charge in [0.05, 0.1) is 0 Å². The van der Waals surface area contributed by atoms with Crippen LogP contribution in [0.2, 0.25) is 0 Å². The van der Waals surface area contributed by atoms with E-state index in [9.17, 15) is 8.78 Å². The number of alkyl halides is 1. The van der Waals surface area contributed by atoms with Crippen LogP contribution in [0.1, 0.15) is 12.0 Å². The Morgan fingerprint density at radius 3 is 2.79 bits per heavy atom. The van der Waals surface area contributed by atoms with Crippen molar-refractivity contribution >= 4 is 11.8 Å². The summed E-state index contributed by atoms with van der Waals surface area (Å²) in [7, 11) is 0. The maximum absolute atomic E-state index is 14.0. The highest BCUT2D eigenvalue weighted by Crippen LogP contribution is 2.34. The van der Waals surface area contributed by atoms with Crippen molar-refractivity contribution in [1.29, 1.82) is 0 Å². The molecule has 1 aliphatic rings. The summed E-state index contributed by atoms with van der Waals surface area (Å²) in [6.45, 7) is 0. The molecule has 14 heavy (non-hydrogen) atoms. The van der Waals surface area contributed by atoms with E-state index in [2.05, 4.69) is 0 Å². The van der Waals surface area contributed by atoms with Gasteiger partial charge < -0.3 is 0 Å². The largest absolute Gasteiger partial charge is 0.243 e. The SMILES string of the molecule is Fc1ccccc1CC1(F)CCSC1. The normalized spacial score (nSPS) is 26.7. The van der Waals surface area contributed by atoms with Gasteiger partial charge in [-0.2, -0.15) is 11.8 Å². The van der Waals surface area contributed by atoms with Crippen molar-refractivity contribution in [2.24, 2.45) is 0 Å². The van der Waals surface area contributed by atoms with Crippen LogP contribution in [-0.2, 0) is 6.42 Å². The van der Waals surface area contributed by atoms with Crippen LogP contribution in [0.4, 0.5) is 8.78 Å². The average molecular weight is 214 g/mol. The summed E-state index contributed by atoms with van der Waals surface area (Å²) in [4.78, 5) is 0. The van der Waals surface area contributed by atoms with E-state index in [4.69, 9.17) is 0 Å². The van der Waals surface area contributed by atoms with Gasteiger partial charge in [-0.25, -0.2) is 8.78 Å². The van der Waals surface area contributed by atoms with Crippen molar-refractivity contribution in [3.8, 4) is 0 Å². The molecule has 1 fully saturated rings. The van der Waals surface area contributed by atoms with Gasteiger partial charge in [-0.05, 0) is 23.8 Å². The standard InChI is InChI=1S/C11H12F2S/c12-10-4-2-1-3-9(10)7-11(13)5-6-14-8-11/h1-4H,5-8H2. The Morgan fingerprint density at radius 1 is 1.36 bits per heavy atom. The summed E-state index contributed by atoms with van der Waals surface area (Å²) in [6, 6.07) is 6.44. The summed E-state index contributed by atoms with van der Waals surface area (Å²) in [5.74, 6) is 1.06. The van der Waals surface area contributed by atoms with Crippen LogP contribution in [0, 0.1) is 5.82 Å². The molecule has 1 heterocycles. The molecular weight excluding hydrogens is 202 g/mol. The monoisotopic (exact) mass is 214 g/mol. The first kappa shape index (κ1) is 9.97. The lowest BCUT2D eigenvalue weighted by Crippen LogP contribution is -2.25. The van der Waals surface area contributed by atoms with Crippen molar-refractivity contribution in [3.05, 3.63) is 35.6 Å². The Labute approximate surface area is 86.7 Å². The van der Waals surface area contributed by atoms with Crippen LogP contribution in [0.5, 0.6) is 0 Å². The van der Waals surface area contributed by atoms with Gasteiger partial charge in [-0.15, -0.1) is 0 Å². The zero-order valence-electron chi connectivity index (χ0n) is 7.80. The highest BCUT2D eigenvalue weighted by atomic mass is 32.2. The first-order valence-corrected chi connectivity index (χ1v) is 5.85. The number of thioether (sulfide) groups is 1. The Hall–Kier alpha value is -0.570. The van der Waals surface area contributed by atoms with Crippen LogP contribution < -0.4 is 0 Å². The van der Waals surface area contributed by atoms with E-state index in [0.717, 1.165) is 5.75 Å². The number of benzene rings is 1. The van der Waals surface area contributed by atoms with Gasteiger partial charge in [0.15, 0.2) is 0 Å². The molecule has 0 nitrogen and oxygen atoms in total.